The molecule has 1 aromatic carbocycles. The van der Waals surface area contributed by atoms with Gasteiger partial charge in [-0.1, -0.05) is 6.58 Å². The van der Waals surface area contributed by atoms with E-state index in [4.69, 9.17) is 5.73 Å². The Balaban J connectivity index is 1.31. The van der Waals surface area contributed by atoms with Crippen LogP contribution in [0.2, 0.25) is 0 Å². The quantitative estimate of drug-likeness (QED) is 0.395. The van der Waals surface area contributed by atoms with Crippen molar-refractivity contribution in [3.05, 3.63) is 82.5 Å². The summed E-state index contributed by atoms with van der Waals surface area (Å²) >= 11 is 0. The summed E-state index contributed by atoms with van der Waals surface area (Å²) in [5.41, 5.74) is 11.4. The molecule has 5 rings (SSSR count). The first kappa shape index (κ1) is 24.9. The third-order valence-electron chi connectivity index (χ3n) is 7.25. The number of piperidine rings is 1. The molecule has 194 valence electrons. The minimum absolute atomic E-state index is 0.224. The van der Waals surface area contributed by atoms with E-state index < -0.39 is 0 Å². The lowest BCUT2D eigenvalue weighted by Gasteiger charge is -2.34. The zero-order valence-electron chi connectivity index (χ0n) is 21.4. The summed E-state index contributed by atoms with van der Waals surface area (Å²) in [4.78, 5) is 20.3. The van der Waals surface area contributed by atoms with Crippen molar-refractivity contribution in [2.45, 2.75) is 18.9 Å². The number of rotatable bonds is 7. The number of hydrogen-bond donors (Lipinski definition) is 4. The van der Waals surface area contributed by atoms with Crippen LogP contribution >= 0.6 is 0 Å². The van der Waals surface area contributed by atoms with Crippen molar-refractivity contribution in [2.75, 3.05) is 56.5 Å². The number of nitrogens with one attached hydrogen (secondary N) is 3. The lowest BCUT2D eigenvalue weighted by atomic mass is 10.0. The summed E-state index contributed by atoms with van der Waals surface area (Å²) in [5.74, 6) is 0. The molecule has 37 heavy (non-hydrogen) atoms. The molecule has 0 spiro atoms. The van der Waals surface area contributed by atoms with E-state index in [1.54, 1.807) is 12.4 Å². The predicted octanol–water partition coefficient (Wildman–Crippen LogP) is 2.79. The maximum absolute atomic E-state index is 12.8. The molecule has 0 radical (unpaired) electrons. The Morgan fingerprint density at radius 3 is 2.59 bits per heavy atom. The molecule has 0 saturated carbocycles. The van der Waals surface area contributed by atoms with Crippen LogP contribution in [0, 0.1) is 0 Å². The number of piperazine rings is 1. The van der Waals surface area contributed by atoms with Gasteiger partial charge in [-0.3, -0.25) is 9.48 Å². The first-order valence-electron chi connectivity index (χ1n) is 12.9. The minimum atomic E-state index is -0.224. The van der Waals surface area contributed by atoms with Crippen LogP contribution in [0.25, 0.3) is 17.5 Å². The van der Waals surface area contributed by atoms with Crippen molar-refractivity contribution in [1.82, 2.24) is 25.0 Å². The van der Waals surface area contributed by atoms with E-state index in [1.807, 2.05) is 35.2 Å². The fraction of sp³-hybridized carbons (Fsp3) is 0.357. The fourth-order valence-electron chi connectivity index (χ4n) is 4.99. The van der Waals surface area contributed by atoms with Gasteiger partial charge in [-0.2, -0.15) is 5.10 Å². The Hall–Kier alpha value is -3.82. The van der Waals surface area contributed by atoms with Gasteiger partial charge in [0.15, 0.2) is 0 Å². The Bertz CT molecular complexity index is 1310. The van der Waals surface area contributed by atoms with Gasteiger partial charge < -0.3 is 31.2 Å². The molecule has 2 aliphatic heterocycles. The number of nitrogens with zero attached hydrogens (tertiary/aromatic N) is 4. The van der Waals surface area contributed by atoms with E-state index in [-0.39, 0.29) is 5.56 Å². The number of hydrogen-bond acceptors (Lipinski definition) is 7. The van der Waals surface area contributed by atoms with Crippen LogP contribution in [-0.2, 0) is 0 Å². The molecular weight excluding hydrogens is 464 g/mol. The molecule has 2 saturated heterocycles. The largest absolute Gasteiger partial charge is 0.398 e. The van der Waals surface area contributed by atoms with E-state index >= 15 is 0 Å². The highest BCUT2D eigenvalue weighted by Gasteiger charge is 2.17. The molecule has 2 aliphatic rings. The number of H-pyrrole nitrogens is 1. The number of pyridine rings is 1. The molecule has 3 aromatic rings. The summed E-state index contributed by atoms with van der Waals surface area (Å²) in [6.45, 7) is 10.3. The van der Waals surface area contributed by atoms with E-state index in [0.29, 0.717) is 28.6 Å². The van der Waals surface area contributed by atoms with E-state index in [1.165, 1.54) is 5.69 Å². The van der Waals surface area contributed by atoms with Crippen LogP contribution in [0.4, 0.5) is 11.4 Å². The summed E-state index contributed by atoms with van der Waals surface area (Å²) in [6.07, 6.45) is 9.31. The summed E-state index contributed by atoms with van der Waals surface area (Å²) in [5, 5.41) is 11.2. The average molecular weight is 501 g/mol. The Morgan fingerprint density at radius 2 is 1.86 bits per heavy atom. The summed E-state index contributed by atoms with van der Waals surface area (Å²) in [6, 6.07) is 10.5. The molecule has 0 atom stereocenters. The number of anilines is 2. The van der Waals surface area contributed by atoms with Crippen molar-refractivity contribution < 1.29 is 0 Å². The predicted molar refractivity (Wildman–Crippen MR) is 151 cm³/mol. The van der Waals surface area contributed by atoms with Gasteiger partial charge in [-0.05, 0) is 75.0 Å². The van der Waals surface area contributed by atoms with Gasteiger partial charge in [0.05, 0.1) is 17.8 Å². The Labute approximate surface area is 217 Å². The minimum Gasteiger partial charge on any atom is -0.398 e. The standard InChI is InChI=1S/C28H36N8O/c1-20(33-23-3-5-24(6-4-23)35-15-13-34(2)14-16-35)27-21(7-12-31-28(27)37)17-26(29)22-18-32-36(19-22)25-8-10-30-11-9-25/h3-7,12,17-19,25,30,33H,1,8-11,13-16,29H2,2H3,(H,31,37)/b26-17-. The van der Waals surface area contributed by atoms with Crippen LogP contribution in [0.5, 0.6) is 0 Å². The van der Waals surface area contributed by atoms with Crippen LogP contribution < -0.4 is 26.8 Å². The molecule has 2 aromatic heterocycles. The average Bonchev–Trinajstić information content (AvgIpc) is 3.41. The lowest BCUT2D eigenvalue weighted by Crippen LogP contribution is -2.44. The molecule has 0 bridgehead atoms. The highest BCUT2D eigenvalue weighted by Crippen LogP contribution is 2.25. The first-order chi connectivity index (χ1) is 18.0. The van der Waals surface area contributed by atoms with Gasteiger partial charge in [-0.15, -0.1) is 0 Å². The molecule has 5 N–H and O–H groups in total. The topological polar surface area (TPSA) is 107 Å². The van der Waals surface area contributed by atoms with Gasteiger partial charge in [-0.25, -0.2) is 0 Å². The highest BCUT2D eigenvalue weighted by atomic mass is 16.1. The van der Waals surface area contributed by atoms with Crippen LogP contribution in [0.15, 0.2) is 60.3 Å². The van der Waals surface area contributed by atoms with Crippen LogP contribution in [0.3, 0.4) is 0 Å². The SMILES string of the molecule is C=C(Nc1ccc(N2CCN(C)CC2)cc1)c1c(/C=C(\N)c2cnn(C3CCNCC3)c2)cc[nH]c1=O. The highest BCUT2D eigenvalue weighted by molar-refractivity contribution is 5.86. The monoisotopic (exact) mass is 500 g/mol. The van der Waals surface area contributed by atoms with Gasteiger partial charge in [0.2, 0.25) is 0 Å². The van der Waals surface area contributed by atoms with Crippen LogP contribution in [0.1, 0.15) is 35.6 Å². The molecule has 9 nitrogen and oxygen atoms in total. The number of likely N-dealkylation sites (N-methyl/N-ethyl adjacent to an activating group) is 1. The maximum atomic E-state index is 12.8. The van der Waals surface area contributed by atoms with Gasteiger partial charge in [0, 0.05) is 66.9 Å². The molecule has 0 amide bonds. The summed E-state index contributed by atoms with van der Waals surface area (Å²) in [7, 11) is 2.15. The van der Waals surface area contributed by atoms with Crippen molar-refractivity contribution in [3.8, 4) is 0 Å². The maximum Gasteiger partial charge on any atom is 0.257 e. The van der Waals surface area contributed by atoms with Crippen molar-refractivity contribution >= 4 is 28.8 Å². The van der Waals surface area contributed by atoms with E-state index in [0.717, 1.165) is 63.4 Å². The van der Waals surface area contributed by atoms with Gasteiger partial charge in [0.1, 0.15) is 0 Å². The molecular formula is C28H36N8O. The molecule has 4 heterocycles. The number of nitrogens with two attached hydrogens (primary N) is 1. The number of aromatic nitrogens is 3. The molecule has 0 aliphatic carbocycles. The third-order valence-corrected chi connectivity index (χ3v) is 7.25. The zero-order chi connectivity index (χ0) is 25.8. The Morgan fingerprint density at radius 1 is 1.14 bits per heavy atom. The van der Waals surface area contributed by atoms with Crippen molar-refractivity contribution in [3.63, 3.8) is 0 Å². The zero-order valence-corrected chi connectivity index (χ0v) is 21.4. The second kappa shape index (κ2) is 11.1. The lowest BCUT2D eigenvalue weighted by molar-refractivity contribution is 0.313. The Kier molecular flexibility index (Phi) is 7.43. The smallest absolute Gasteiger partial charge is 0.257 e. The normalized spacial score (nSPS) is 17.6. The fourth-order valence-corrected chi connectivity index (χ4v) is 4.99. The van der Waals surface area contributed by atoms with Crippen molar-refractivity contribution in [2.24, 2.45) is 5.73 Å². The van der Waals surface area contributed by atoms with E-state index in [9.17, 15) is 4.79 Å². The first-order valence-corrected chi connectivity index (χ1v) is 12.9. The number of benzene rings is 1. The second-order valence-electron chi connectivity index (χ2n) is 9.87. The van der Waals surface area contributed by atoms with Crippen LogP contribution in [-0.4, -0.2) is 66.0 Å². The van der Waals surface area contributed by atoms with Gasteiger partial charge in [0.25, 0.3) is 5.56 Å². The molecule has 2 fully saturated rings. The second-order valence-corrected chi connectivity index (χ2v) is 9.87. The van der Waals surface area contributed by atoms with E-state index in [2.05, 4.69) is 56.3 Å². The van der Waals surface area contributed by atoms with Gasteiger partial charge >= 0.3 is 0 Å². The summed E-state index contributed by atoms with van der Waals surface area (Å²) < 4.78 is 2.00. The molecule has 0 unspecified atom stereocenters. The molecule has 9 heteroatoms. The third kappa shape index (κ3) is 5.79. The number of aromatic amines is 1. The van der Waals surface area contributed by atoms with Crippen molar-refractivity contribution in [1.29, 1.82) is 0 Å².